The zero-order valence-corrected chi connectivity index (χ0v) is 8.96. The van der Waals surface area contributed by atoms with Crippen LogP contribution in [0.5, 0.6) is 0 Å². The minimum absolute atomic E-state index is 0.00434. The number of hydrogen-bond acceptors (Lipinski definition) is 1. The monoisotopic (exact) mass is 188 g/mol. The maximum Gasteiger partial charge on any atom is 0.106 e. The highest BCUT2D eigenvalue weighted by atomic mass is 15.0. The molecule has 74 valence electrons. The molecule has 1 aromatic rings. The summed E-state index contributed by atoms with van der Waals surface area (Å²) in [5.41, 5.74) is 2.55. The normalized spacial score (nSPS) is 18.1. The van der Waals surface area contributed by atoms with Crippen LogP contribution >= 0.6 is 0 Å². The Bertz CT molecular complexity index is 345. The van der Waals surface area contributed by atoms with Crippen molar-refractivity contribution >= 4 is 11.5 Å². The van der Waals surface area contributed by atoms with Crippen LogP contribution in [0.4, 0.5) is 5.69 Å². The number of anilines is 1. The van der Waals surface area contributed by atoms with E-state index in [-0.39, 0.29) is 5.54 Å². The van der Waals surface area contributed by atoms with Gasteiger partial charge in [0.25, 0.3) is 0 Å². The van der Waals surface area contributed by atoms with Crippen LogP contribution in [0.25, 0.3) is 0 Å². The SMILES string of the molecule is CC(C)(C)N=C1Cc2ccccc2N1. The number of aliphatic imine (C=N–C) groups is 1. The summed E-state index contributed by atoms with van der Waals surface area (Å²) >= 11 is 0. The van der Waals surface area contributed by atoms with Crippen molar-refractivity contribution in [3.8, 4) is 0 Å². The van der Waals surface area contributed by atoms with Gasteiger partial charge in [-0.05, 0) is 32.4 Å². The molecule has 0 aliphatic carbocycles. The molecule has 2 rings (SSSR count). The topological polar surface area (TPSA) is 24.4 Å². The third-order valence-electron chi connectivity index (χ3n) is 2.12. The molecule has 2 nitrogen and oxygen atoms in total. The van der Waals surface area contributed by atoms with Crippen LogP contribution in [-0.4, -0.2) is 11.4 Å². The lowest BCUT2D eigenvalue weighted by atomic mass is 10.1. The summed E-state index contributed by atoms with van der Waals surface area (Å²) in [5, 5.41) is 3.34. The molecule has 0 fully saturated rings. The number of benzene rings is 1. The maximum atomic E-state index is 4.63. The van der Waals surface area contributed by atoms with Crippen LogP contribution in [0, 0.1) is 0 Å². The van der Waals surface area contributed by atoms with Gasteiger partial charge in [-0.2, -0.15) is 0 Å². The van der Waals surface area contributed by atoms with E-state index >= 15 is 0 Å². The van der Waals surface area contributed by atoms with Gasteiger partial charge in [-0.15, -0.1) is 0 Å². The van der Waals surface area contributed by atoms with E-state index in [1.165, 1.54) is 11.3 Å². The van der Waals surface area contributed by atoms with Gasteiger partial charge in [-0.25, -0.2) is 0 Å². The number of rotatable bonds is 0. The Kier molecular flexibility index (Phi) is 2.06. The molecular formula is C12H16N2. The highest BCUT2D eigenvalue weighted by Gasteiger charge is 2.17. The maximum absolute atomic E-state index is 4.63. The molecule has 0 aromatic heterocycles. The average molecular weight is 188 g/mol. The van der Waals surface area contributed by atoms with Crippen molar-refractivity contribution in [3.63, 3.8) is 0 Å². The lowest BCUT2D eigenvalue weighted by Crippen LogP contribution is -2.17. The van der Waals surface area contributed by atoms with Crippen molar-refractivity contribution in [1.29, 1.82) is 0 Å². The predicted molar refractivity (Wildman–Crippen MR) is 61.0 cm³/mol. The molecule has 1 heterocycles. The molecule has 0 saturated carbocycles. The fraction of sp³-hybridized carbons (Fsp3) is 0.417. The van der Waals surface area contributed by atoms with Crippen LogP contribution in [0.15, 0.2) is 29.3 Å². The molecule has 0 unspecified atom stereocenters. The first-order chi connectivity index (χ1) is 6.54. The molecule has 1 aliphatic rings. The highest BCUT2D eigenvalue weighted by molar-refractivity contribution is 6.03. The first-order valence-electron chi connectivity index (χ1n) is 4.98. The molecule has 0 spiro atoms. The van der Waals surface area contributed by atoms with Crippen molar-refractivity contribution in [3.05, 3.63) is 29.8 Å². The third-order valence-corrected chi connectivity index (χ3v) is 2.12. The largest absolute Gasteiger partial charge is 0.344 e. The van der Waals surface area contributed by atoms with Crippen LogP contribution in [0.3, 0.4) is 0 Å². The van der Waals surface area contributed by atoms with Crippen molar-refractivity contribution in [2.45, 2.75) is 32.7 Å². The van der Waals surface area contributed by atoms with Crippen LogP contribution in [-0.2, 0) is 6.42 Å². The summed E-state index contributed by atoms with van der Waals surface area (Å²) in [5.74, 6) is 1.08. The van der Waals surface area contributed by atoms with Crippen LogP contribution in [0.1, 0.15) is 26.3 Å². The Morgan fingerprint density at radius 1 is 1.21 bits per heavy atom. The van der Waals surface area contributed by atoms with Gasteiger partial charge in [-0.3, -0.25) is 4.99 Å². The number of nitrogens with zero attached hydrogens (tertiary/aromatic N) is 1. The molecule has 2 heteroatoms. The van der Waals surface area contributed by atoms with E-state index in [4.69, 9.17) is 0 Å². The fourth-order valence-corrected chi connectivity index (χ4v) is 1.65. The van der Waals surface area contributed by atoms with E-state index in [2.05, 4.69) is 49.3 Å². The molecule has 1 N–H and O–H groups in total. The summed E-state index contributed by atoms with van der Waals surface area (Å²) < 4.78 is 0. The average Bonchev–Trinajstić information content (AvgIpc) is 2.42. The van der Waals surface area contributed by atoms with Crippen molar-refractivity contribution in [2.75, 3.05) is 5.32 Å². The van der Waals surface area contributed by atoms with Gasteiger partial charge in [0.15, 0.2) is 0 Å². The Balaban J connectivity index is 2.24. The lowest BCUT2D eigenvalue weighted by molar-refractivity contribution is 0.583. The number of hydrogen-bond donors (Lipinski definition) is 1. The second-order valence-corrected chi connectivity index (χ2v) is 4.69. The number of amidine groups is 1. The smallest absolute Gasteiger partial charge is 0.106 e. The highest BCUT2D eigenvalue weighted by Crippen LogP contribution is 2.23. The van der Waals surface area contributed by atoms with E-state index in [0.29, 0.717) is 0 Å². The van der Waals surface area contributed by atoms with Gasteiger partial charge in [0.2, 0.25) is 0 Å². The molecule has 14 heavy (non-hydrogen) atoms. The standard InChI is InChI=1S/C12H16N2/c1-12(2,3)14-11-8-9-6-4-5-7-10(9)13-11/h4-7H,8H2,1-3H3,(H,13,14). The lowest BCUT2D eigenvalue weighted by Gasteiger charge is -2.13. The summed E-state index contributed by atoms with van der Waals surface area (Å²) in [6.07, 6.45) is 0.938. The van der Waals surface area contributed by atoms with Crippen molar-refractivity contribution < 1.29 is 0 Å². The van der Waals surface area contributed by atoms with E-state index < -0.39 is 0 Å². The van der Waals surface area contributed by atoms with Gasteiger partial charge >= 0.3 is 0 Å². The van der Waals surface area contributed by atoms with Gasteiger partial charge < -0.3 is 5.32 Å². The minimum atomic E-state index is 0.00434. The first-order valence-corrected chi connectivity index (χ1v) is 4.98. The van der Waals surface area contributed by atoms with Gasteiger partial charge in [0.1, 0.15) is 5.84 Å². The second kappa shape index (κ2) is 3.12. The van der Waals surface area contributed by atoms with Gasteiger partial charge in [0, 0.05) is 12.1 Å². The number of fused-ring (bicyclic) bond motifs is 1. The molecule has 1 aromatic carbocycles. The van der Waals surface area contributed by atoms with Crippen molar-refractivity contribution in [2.24, 2.45) is 4.99 Å². The Hall–Kier alpha value is -1.31. The molecule has 0 atom stereocenters. The Morgan fingerprint density at radius 2 is 1.93 bits per heavy atom. The summed E-state index contributed by atoms with van der Waals surface area (Å²) in [7, 11) is 0. The third kappa shape index (κ3) is 1.95. The first kappa shape index (κ1) is 9.25. The Labute approximate surface area is 85.1 Å². The van der Waals surface area contributed by atoms with Gasteiger partial charge in [-0.1, -0.05) is 18.2 Å². The molecular weight excluding hydrogens is 172 g/mol. The molecule has 1 aliphatic heterocycles. The molecule has 0 radical (unpaired) electrons. The molecule has 0 amide bonds. The zero-order valence-electron chi connectivity index (χ0n) is 8.96. The van der Waals surface area contributed by atoms with E-state index in [1.54, 1.807) is 0 Å². The quantitative estimate of drug-likeness (QED) is 0.665. The second-order valence-electron chi connectivity index (χ2n) is 4.69. The van der Waals surface area contributed by atoms with Gasteiger partial charge in [0.05, 0.1) is 5.54 Å². The predicted octanol–water partition coefficient (Wildman–Crippen LogP) is 2.85. The van der Waals surface area contributed by atoms with Crippen LogP contribution in [0.2, 0.25) is 0 Å². The van der Waals surface area contributed by atoms with E-state index in [1.807, 2.05) is 6.07 Å². The fourth-order valence-electron chi connectivity index (χ4n) is 1.65. The summed E-state index contributed by atoms with van der Waals surface area (Å²) in [6.45, 7) is 6.35. The molecule has 0 saturated heterocycles. The summed E-state index contributed by atoms with van der Waals surface area (Å²) in [4.78, 5) is 4.63. The zero-order chi connectivity index (χ0) is 10.2. The number of nitrogens with one attached hydrogen (secondary N) is 1. The van der Waals surface area contributed by atoms with E-state index in [0.717, 1.165) is 12.3 Å². The van der Waals surface area contributed by atoms with Crippen molar-refractivity contribution in [1.82, 2.24) is 0 Å². The molecule has 0 bridgehead atoms. The van der Waals surface area contributed by atoms with Crippen LogP contribution < -0.4 is 5.32 Å². The number of para-hydroxylation sites is 1. The van der Waals surface area contributed by atoms with E-state index in [9.17, 15) is 0 Å². The minimum Gasteiger partial charge on any atom is -0.344 e. The Morgan fingerprint density at radius 3 is 2.57 bits per heavy atom. The summed E-state index contributed by atoms with van der Waals surface area (Å²) in [6, 6.07) is 8.36.